The fourth-order valence-corrected chi connectivity index (χ4v) is 2.39. The van der Waals surface area contributed by atoms with E-state index in [1.807, 2.05) is 19.9 Å². The van der Waals surface area contributed by atoms with Crippen LogP contribution in [-0.2, 0) is 0 Å². The molecule has 2 rings (SSSR count). The van der Waals surface area contributed by atoms with Crippen molar-refractivity contribution in [3.05, 3.63) is 35.7 Å². The maximum Gasteiger partial charge on any atom is 0.417 e. The predicted octanol–water partition coefficient (Wildman–Crippen LogP) is 4.46. The lowest BCUT2D eigenvalue weighted by Gasteiger charge is -2.24. The molecule has 0 radical (unpaired) electrons. The number of nitrogens with zero attached hydrogens (tertiary/aromatic N) is 1. The smallest absolute Gasteiger partial charge is 0.317 e. The van der Waals surface area contributed by atoms with Gasteiger partial charge >= 0.3 is 6.18 Å². The molecule has 0 amide bonds. The van der Waals surface area contributed by atoms with Crippen molar-refractivity contribution < 1.29 is 13.2 Å². The van der Waals surface area contributed by atoms with Gasteiger partial charge in [-0.2, -0.15) is 13.2 Å². The first-order valence-electron chi connectivity index (χ1n) is 7.33. The zero-order chi connectivity index (χ0) is 16.0. The van der Waals surface area contributed by atoms with E-state index in [1.54, 1.807) is 13.0 Å². The van der Waals surface area contributed by atoms with Crippen molar-refractivity contribution in [1.82, 2.24) is 10.3 Å². The van der Waals surface area contributed by atoms with Crippen LogP contribution in [0.2, 0.25) is 0 Å². The first-order chi connectivity index (χ1) is 9.88. The molecule has 21 heavy (non-hydrogen) atoms. The minimum Gasteiger partial charge on any atom is -0.317 e. The molecule has 2 nitrogen and oxygen atoms in total. The molecule has 0 spiro atoms. The van der Waals surface area contributed by atoms with Crippen LogP contribution in [0.1, 0.15) is 49.6 Å². The number of rotatable bonds is 2. The van der Waals surface area contributed by atoms with E-state index in [-0.39, 0.29) is 5.69 Å². The molecule has 0 saturated carbocycles. The van der Waals surface area contributed by atoms with Gasteiger partial charge in [-0.05, 0) is 56.5 Å². The molecule has 0 aliphatic carbocycles. The first kappa shape index (κ1) is 17.7. The Labute approximate surface area is 124 Å². The second-order valence-corrected chi connectivity index (χ2v) is 4.93. The van der Waals surface area contributed by atoms with Crippen LogP contribution in [0.25, 0.3) is 5.57 Å². The summed E-state index contributed by atoms with van der Waals surface area (Å²) in [7, 11) is 0. The number of nitrogens with one attached hydrogen (secondary N) is 1. The zero-order valence-electron chi connectivity index (χ0n) is 12.8. The molecule has 118 valence electrons. The molecule has 0 bridgehead atoms. The van der Waals surface area contributed by atoms with Crippen molar-refractivity contribution in [1.29, 1.82) is 0 Å². The second kappa shape index (κ2) is 7.59. The van der Waals surface area contributed by atoms with Crippen LogP contribution in [0.4, 0.5) is 13.2 Å². The topological polar surface area (TPSA) is 24.9 Å². The number of halogens is 3. The predicted molar refractivity (Wildman–Crippen MR) is 80.3 cm³/mol. The molecular weight excluding hydrogens is 277 g/mol. The standard InChI is InChI=1S/C14H17F3N2.C2H6/c1-9-7-12(11-3-5-18-6-4-11)8-13(19-9)10(2)14(15,16)17;1-2/h7-8,11,18H,2-6H2,1H3;1-2H3. The molecule has 0 atom stereocenters. The van der Waals surface area contributed by atoms with E-state index in [0.717, 1.165) is 31.5 Å². The van der Waals surface area contributed by atoms with Gasteiger partial charge in [0, 0.05) is 5.69 Å². The molecule has 1 saturated heterocycles. The van der Waals surface area contributed by atoms with Crippen LogP contribution in [0, 0.1) is 6.92 Å². The number of alkyl halides is 3. The highest BCUT2D eigenvalue weighted by molar-refractivity contribution is 5.65. The molecule has 5 heteroatoms. The number of hydrogen-bond donors (Lipinski definition) is 1. The van der Waals surface area contributed by atoms with Crippen molar-refractivity contribution >= 4 is 5.57 Å². The monoisotopic (exact) mass is 300 g/mol. The minimum absolute atomic E-state index is 0.0546. The third-order valence-electron chi connectivity index (χ3n) is 3.44. The summed E-state index contributed by atoms with van der Waals surface area (Å²) in [6.45, 7) is 10.7. The quantitative estimate of drug-likeness (QED) is 0.872. The van der Waals surface area contributed by atoms with Gasteiger partial charge in [0.25, 0.3) is 0 Å². The highest BCUT2D eigenvalue weighted by Gasteiger charge is 2.34. The van der Waals surface area contributed by atoms with Crippen LogP contribution >= 0.6 is 0 Å². The summed E-state index contributed by atoms with van der Waals surface area (Å²) in [6, 6.07) is 3.42. The number of aryl methyl sites for hydroxylation is 1. The zero-order valence-corrected chi connectivity index (χ0v) is 12.8. The van der Waals surface area contributed by atoms with Crippen molar-refractivity contribution in [2.75, 3.05) is 13.1 Å². The Hall–Kier alpha value is -1.36. The second-order valence-electron chi connectivity index (χ2n) is 4.93. The molecular formula is C16H23F3N2. The van der Waals surface area contributed by atoms with Crippen LogP contribution in [0.15, 0.2) is 18.7 Å². The van der Waals surface area contributed by atoms with Crippen molar-refractivity contribution in [2.45, 2.75) is 45.7 Å². The van der Waals surface area contributed by atoms with Gasteiger partial charge in [0.15, 0.2) is 0 Å². The number of hydrogen-bond acceptors (Lipinski definition) is 2. The first-order valence-corrected chi connectivity index (χ1v) is 7.33. The highest BCUT2D eigenvalue weighted by Crippen LogP contribution is 2.34. The van der Waals surface area contributed by atoms with Gasteiger partial charge in [0.2, 0.25) is 0 Å². The number of piperidine rings is 1. The highest BCUT2D eigenvalue weighted by atomic mass is 19.4. The van der Waals surface area contributed by atoms with Crippen molar-refractivity contribution in [3.8, 4) is 0 Å². The lowest BCUT2D eigenvalue weighted by Crippen LogP contribution is -2.26. The maximum atomic E-state index is 12.7. The SMILES string of the molecule is C=C(c1cc(C2CCNCC2)cc(C)n1)C(F)(F)F.CC. The average molecular weight is 300 g/mol. The molecule has 1 aliphatic heterocycles. The molecule has 1 N–H and O–H groups in total. The normalized spacial score (nSPS) is 16.1. The number of aromatic nitrogens is 1. The van der Waals surface area contributed by atoms with Crippen LogP contribution in [-0.4, -0.2) is 24.2 Å². The Morgan fingerprint density at radius 1 is 1.24 bits per heavy atom. The number of allylic oxidation sites excluding steroid dienone is 1. The largest absolute Gasteiger partial charge is 0.417 e. The lowest BCUT2D eigenvalue weighted by molar-refractivity contribution is -0.0689. The Kier molecular flexibility index (Phi) is 6.40. The molecule has 0 aromatic carbocycles. The van der Waals surface area contributed by atoms with E-state index >= 15 is 0 Å². The van der Waals surface area contributed by atoms with E-state index in [2.05, 4.69) is 16.9 Å². The van der Waals surface area contributed by atoms with Gasteiger partial charge in [0.05, 0.1) is 11.3 Å². The molecule has 1 fully saturated rings. The summed E-state index contributed by atoms with van der Waals surface area (Å²) < 4.78 is 38.1. The van der Waals surface area contributed by atoms with E-state index in [4.69, 9.17) is 0 Å². The van der Waals surface area contributed by atoms with Gasteiger partial charge < -0.3 is 5.32 Å². The third-order valence-corrected chi connectivity index (χ3v) is 3.44. The van der Waals surface area contributed by atoms with E-state index < -0.39 is 11.7 Å². The molecule has 1 aliphatic rings. The summed E-state index contributed by atoms with van der Waals surface area (Å²) in [5, 5.41) is 3.25. The number of pyridine rings is 1. The van der Waals surface area contributed by atoms with E-state index in [1.165, 1.54) is 0 Å². The van der Waals surface area contributed by atoms with Crippen LogP contribution in [0.5, 0.6) is 0 Å². The summed E-state index contributed by atoms with van der Waals surface area (Å²) in [5.74, 6) is 0.308. The minimum atomic E-state index is -4.42. The van der Waals surface area contributed by atoms with Gasteiger partial charge in [-0.15, -0.1) is 0 Å². The van der Waals surface area contributed by atoms with Gasteiger partial charge in [-0.1, -0.05) is 20.4 Å². The fraction of sp³-hybridized carbons (Fsp3) is 0.562. The Balaban J connectivity index is 0.00000106. The molecule has 0 unspecified atom stereocenters. The Morgan fingerprint density at radius 3 is 2.33 bits per heavy atom. The average Bonchev–Trinajstić information content (AvgIpc) is 2.48. The van der Waals surface area contributed by atoms with Gasteiger partial charge in [-0.3, -0.25) is 4.98 Å². The maximum absolute atomic E-state index is 12.7. The lowest BCUT2D eigenvalue weighted by atomic mass is 9.89. The van der Waals surface area contributed by atoms with Gasteiger partial charge in [0.1, 0.15) is 0 Å². The van der Waals surface area contributed by atoms with Crippen LogP contribution in [0.3, 0.4) is 0 Å². The molecule has 1 aromatic heterocycles. The summed E-state index contributed by atoms with van der Waals surface area (Å²) in [6.07, 6.45) is -2.53. The summed E-state index contributed by atoms with van der Waals surface area (Å²) >= 11 is 0. The molecule has 2 heterocycles. The molecule has 1 aromatic rings. The van der Waals surface area contributed by atoms with E-state index in [9.17, 15) is 13.2 Å². The van der Waals surface area contributed by atoms with Crippen LogP contribution < -0.4 is 5.32 Å². The van der Waals surface area contributed by atoms with Crippen molar-refractivity contribution in [2.24, 2.45) is 0 Å². The third kappa shape index (κ3) is 4.84. The summed E-state index contributed by atoms with van der Waals surface area (Å²) in [5.41, 5.74) is 0.623. The van der Waals surface area contributed by atoms with Gasteiger partial charge in [-0.25, -0.2) is 0 Å². The fourth-order valence-electron chi connectivity index (χ4n) is 2.39. The Bertz CT molecular complexity index is 475. The van der Waals surface area contributed by atoms with Crippen molar-refractivity contribution in [3.63, 3.8) is 0 Å². The summed E-state index contributed by atoms with van der Waals surface area (Å²) in [4.78, 5) is 3.96. The Morgan fingerprint density at radius 2 is 1.81 bits per heavy atom. The van der Waals surface area contributed by atoms with E-state index in [0.29, 0.717) is 11.6 Å².